The maximum Gasteiger partial charge on any atom is 0.155 e. The van der Waals surface area contributed by atoms with Gasteiger partial charge in [0.2, 0.25) is 0 Å². The highest BCUT2D eigenvalue weighted by Gasteiger charge is 2.32. The molecule has 0 spiro atoms. The van der Waals surface area contributed by atoms with E-state index < -0.39 is 0 Å². The van der Waals surface area contributed by atoms with Crippen molar-refractivity contribution in [2.45, 2.75) is 72.6 Å². The van der Waals surface area contributed by atoms with Crippen molar-refractivity contribution in [3.05, 3.63) is 76.9 Å². The fraction of sp³-hybridized carbons (Fsp3) is 0.423. The third-order valence-electron chi connectivity index (χ3n) is 5.54. The van der Waals surface area contributed by atoms with Gasteiger partial charge in [-0.05, 0) is 67.0 Å². The van der Waals surface area contributed by atoms with Gasteiger partial charge in [0.1, 0.15) is 5.75 Å². The number of hydrogen-bond acceptors (Lipinski definition) is 2. The smallest absolute Gasteiger partial charge is 0.155 e. The maximum atomic E-state index is 11.5. The van der Waals surface area contributed by atoms with Gasteiger partial charge in [0.15, 0.2) is 5.78 Å². The molecule has 0 amide bonds. The molecule has 0 saturated heterocycles. The van der Waals surface area contributed by atoms with Crippen molar-refractivity contribution in [1.82, 2.24) is 0 Å². The molecule has 2 nitrogen and oxygen atoms in total. The normalized spacial score (nSPS) is 12.9. The van der Waals surface area contributed by atoms with Crippen LogP contribution in [0.2, 0.25) is 0 Å². The van der Waals surface area contributed by atoms with Gasteiger partial charge in [-0.25, -0.2) is 0 Å². The Bertz CT molecular complexity index is 764. The molecule has 0 saturated carbocycles. The van der Waals surface area contributed by atoms with Crippen LogP contribution in [0.3, 0.4) is 0 Å². The quantitative estimate of drug-likeness (QED) is 0.349. The van der Waals surface area contributed by atoms with Gasteiger partial charge in [-0.1, -0.05) is 70.7 Å². The number of ketones is 1. The first-order valence-corrected chi connectivity index (χ1v) is 10.3. The van der Waals surface area contributed by atoms with E-state index in [2.05, 4.69) is 51.6 Å². The van der Waals surface area contributed by atoms with Gasteiger partial charge in [-0.15, -0.1) is 0 Å². The largest absolute Gasteiger partial charge is 0.507 e. The highest BCUT2D eigenvalue weighted by Crippen LogP contribution is 2.42. The molecule has 0 fully saturated rings. The summed E-state index contributed by atoms with van der Waals surface area (Å²) in [4.78, 5) is 11.5. The molecule has 0 unspecified atom stereocenters. The topological polar surface area (TPSA) is 37.3 Å². The number of allylic oxidation sites excluding steroid dienone is 7. The first-order valence-electron chi connectivity index (χ1n) is 10.3. The van der Waals surface area contributed by atoms with E-state index in [0.717, 1.165) is 36.0 Å². The molecule has 28 heavy (non-hydrogen) atoms. The Morgan fingerprint density at radius 2 is 1.54 bits per heavy atom. The van der Waals surface area contributed by atoms with Crippen molar-refractivity contribution < 1.29 is 9.90 Å². The van der Waals surface area contributed by atoms with Crippen LogP contribution in [0.1, 0.15) is 70.1 Å². The van der Waals surface area contributed by atoms with Crippen LogP contribution in [0.15, 0.2) is 60.2 Å². The Labute approximate surface area is 171 Å². The van der Waals surface area contributed by atoms with E-state index in [9.17, 15) is 9.90 Å². The van der Waals surface area contributed by atoms with E-state index in [4.69, 9.17) is 0 Å². The van der Waals surface area contributed by atoms with Crippen LogP contribution in [0.5, 0.6) is 5.75 Å². The Morgan fingerprint density at radius 1 is 1.00 bits per heavy atom. The second kappa shape index (κ2) is 10.8. The first-order chi connectivity index (χ1) is 13.2. The number of benzene rings is 1. The highest BCUT2D eigenvalue weighted by atomic mass is 16.3. The monoisotopic (exact) mass is 380 g/mol. The predicted molar refractivity (Wildman–Crippen MR) is 121 cm³/mol. The van der Waals surface area contributed by atoms with Crippen LogP contribution >= 0.6 is 0 Å². The number of aryl methyl sites for hydroxylation is 2. The number of rotatable bonds is 10. The molecule has 152 valence electrons. The summed E-state index contributed by atoms with van der Waals surface area (Å²) in [6.07, 6.45) is 13.1. The van der Waals surface area contributed by atoms with Crippen molar-refractivity contribution in [3.8, 4) is 5.75 Å². The average molecular weight is 381 g/mol. The molecule has 0 aliphatic carbocycles. The second-order valence-corrected chi connectivity index (χ2v) is 7.38. The van der Waals surface area contributed by atoms with Gasteiger partial charge in [0.25, 0.3) is 0 Å². The lowest BCUT2D eigenvalue weighted by Crippen LogP contribution is -2.27. The lowest BCUT2D eigenvalue weighted by molar-refractivity contribution is -0.114. The molecule has 0 atom stereocenters. The van der Waals surface area contributed by atoms with Crippen LogP contribution in [0.25, 0.3) is 0 Å². The van der Waals surface area contributed by atoms with Gasteiger partial charge in [0.05, 0.1) is 0 Å². The molecule has 1 N–H and O–H groups in total. The fourth-order valence-corrected chi connectivity index (χ4v) is 3.68. The molecule has 0 heterocycles. The lowest BCUT2D eigenvalue weighted by atomic mass is 9.69. The highest BCUT2D eigenvalue weighted by molar-refractivity contribution is 5.89. The Balaban J connectivity index is 3.39. The van der Waals surface area contributed by atoms with Crippen molar-refractivity contribution >= 4 is 5.78 Å². The van der Waals surface area contributed by atoms with E-state index in [1.165, 1.54) is 11.1 Å². The zero-order valence-corrected chi connectivity index (χ0v) is 18.4. The summed E-state index contributed by atoms with van der Waals surface area (Å²) < 4.78 is 0. The van der Waals surface area contributed by atoms with Gasteiger partial charge < -0.3 is 5.11 Å². The van der Waals surface area contributed by atoms with E-state index in [0.29, 0.717) is 12.2 Å². The molecule has 0 aliphatic rings. The van der Waals surface area contributed by atoms with Gasteiger partial charge >= 0.3 is 0 Å². The molecule has 0 bridgehead atoms. The minimum Gasteiger partial charge on any atom is -0.507 e. The molecular weight excluding hydrogens is 344 g/mol. The minimum atomic E-state index is -0.126. The molecule has 0 radical (unpaired) electrons. The molecule has 2 heteroatoms. The van der Waals surface area contributed by atoms with Crippen LogP contribution in [0.4, 0.5) is 0 Å². The predicted octanol–water partition coefficient (Wildman–Crippen LogP) is 7.05. The van der Waals surface area contributed by atoms with Gasteiger partial charge in [-0.2, -0.15) is 0 Å². The second-order valence-electron chi connectivity index (χ2n) is 7.38. The summed E-state index contributed by atoms with van der Waals surface area (Å²) in [5.41, 5.74) is 4.98. The third kappa shape index (κ3) is 5.58. The number of carbonyl (C=O) groups is 1. The molecule has 1 aromatic rings. The molecular formula is C26H36O2. The van der Waals surface area contributed by atoms with Crippen molar-refractivity contribution in [2.24, 2.45) is 0 Å². The van der Waals surface area contributed by atoms with Crippen molar-refractivity contribution in [3.63, 3.8) is 0 Å². The van der Waals surface area contributed by atoms with Crippen LogP contribution in [-0.2, 0) is 10.2 Å². The number of carbonyl (C=O) groups excluding carboxylic acids is 1. The number of aromatic hydroxyl groups is 1. The summed E-state index contributed by atoms with van der Waals surface area (Å²) >= 11 is 0. The number of phenolic OH excluding ortho intramolecular Hbond substituents is 1. The number of phenols is 1. The first kappa shape index (κ1) is 23.7. The average Bonchev–Trinajstić information content (AvgIpc) is 2.69. The summed E-state index contributed by atoms with van der Waals surface area (Å²) in [5.74, 6) is 0.478. The standard InChI is InChI=1S/C26H36O2/c1-8-12-22(15-13-19(5)14-16-24(27)9-2)26(10-3,11-4)23-17-20(6)25(28)21(7)18-23/h12-18,28H,5,8-11H2,1-4,6-7H3/b15-13-,16-14+,22-12+. The SMILES string of the molecule is C=C(/C=C\C(=C/CC)C(CC)(CC)c1cc(C)c(O)c(C)c1)/C=C/C(=O)CC. The van der Waals surface area contributed by atoms with E-state index in [1.807, 2.05) is 26.8 Å². The zero-order valence-electron chi connectivity index (χ0n) is 18.4. The Morgan fingerprint density at radius 3 is 2.00 bits per heavy atom. The minimum absolute atomic E-state index is 0.102. The fourth-order valence-electron chi connectivity index (χ4n) is 3.68. The van der Waals surface area contributed by atoms with Crippen molar-refractivity contribution in [2.75, 3.05) is 0 Å². The van der Waals surface area contributed by atoms with E-state index in [1.54, 1.807) is 12.2 Å². The van der Waals surface area contributed by atoms with Crippen LogP contribution < -0.4 is 0 Å². The number of hydrogen-bond donors (Lipinski definition) is 1. The summed E-state index contributed by atoms with van der Waals surface area (Å²) in [5, 5.41) is 10.2. The molecule has 0 aromatic heterocycles. The molecule has 1 aromatic carbocycles. The Hall–Kier alpha value is -2.35. The van der Waals surface area contributed by atoms with Crippen molar-refractivity contribution in [1.29, 1.82) is 0 Å². The molecule has 0 aliphatic heterocycles. The summed E-state index contributed by atoms with van der Waals surface area (Å²) in [6.45, 7) is 16.4. The Kier molecular flexibility index (Phi) is 9.18. The summed E-state index contributed by atoms with van der Waals surface area (Å²) in [7, 11) is 0. The summed E-state index contributed by atoms with van der Waals surface area (Å²) in [6, 6.07) is 4.22. The van der Waals surface area contributed by atoms with E-state index >= 15 is 0 Å². The van der Waals surface area contributed by atoms with Crippen LogP contribution in [-0.4, -0.2) is 10.9 Å². The van der Waals surface area contributed by atoms with Gasteiger partial charge in [-0.3, -0.25) is 4.79 Å². The third-order valence-corrected chi connectivity index (χ3v) is 5.54. The van der Waals surface area contributed by atoms with E-state index in [-0.39, 0.29) is 11.2 Å². The lowest BCUT2D eigenvalue weighted by Gasteiger charge is -2.35. The molecule has 1 rings (SSSR count). The van der Waals surface area contributed by atoms with Gasteiger partial charge in [0, 0.05) is 11.8 Å². The zero-order chi connectivity index (χ0) is 21.3. The van der Waals surface area contributed by atoms with Crippen LogP contribution in [0, 0.1) is 13.8 Å². The maximum absolute atomic E-state index is 11.5.